The molecule has 2 aliphatic heterocycles. The normalized spacial score (nSPS) is 21.9. The lowest BCUT2D eigenvalue weighted by atomic mass is 10.0. The fourth-order valence-electron chi connectivity index (χ4n) is 3.86. The number of hydrogen-bond acceptors (Lipinski definition) is 5. The fraction of sp³-hybridized carbons (Fsp3) is 0.429. The highest BCUT2D eigenvalue weighted by molar-refractivity contribution is 7.13. The summed E-state index contributed by atoms with van der Waals surface area (Å²) in [5.41, 5.74) is 4.80. The zero-order valence-electron chi connectivity index (χ0n) is 16.3. The molecule has 28 heavy (non-hydrogen) atoms. The topological polar surface area (TPSA) is 74.7 Å². The summed E-state index contributed by atoms with van der Waals surface area (Å²) in [6, 6.07) is 7.26. The molecule has 1 saturated heterocycles. The molecular weight excluding hydrogens is 372 g/mol. The number of benzene rings is 1. The standard InChI is InChI=1S/C21H24N4O2S/c1-12(2)21(27)25-10-4-5-16(25)19-23-17(20(26)24-19)14-6-8-15(9-7-14)18-13(3)22-11-28-18/h6-9,11-12,16-17H,4-5,10H2,1-3H3,(H,23,24,26). The number of thiazole rings is 1. The first kappa shape index (κ1) is 18.8. The number of aryl methyl sites for hydroxylation is 1. The number of amides is 2. The van der Waals surface area contributed by atoms with Crippen LogP contribution in [-0.2, 0) is 9.59 Å². The molecule has 0 spiro atoms. The Hall–Kier alpha value is -2.54. The van der Waals surface area contributed by atoms with Crippen LogP contribution in [0.3, 0.4) is 0 Å². The highest BCUT2D eigenvalue weighted by Gasteiger charge is 2.38. The van der Waals surface area contributed by atoms with E-state index >= 15 is 0 Å². The second-order valence-electron chi connectivity index (χ2n) is 7.64. The minimum Gasteiger partial charge on any atom is -0.332 e. The molecule has 2 aromatic rings. The first-order chi connectivity index (χ1) is 13.5. The zero-order chi connectivity index (χ0) is 19.8. The maximum absolute atomic E-state index is 12.6. The van der Waals surface area contributed by atoms with Gasteiger partial charge >= 0.3 is 0 Å². The summed E-state index contributed by atoms with van der Waals surface area (Å²) < 4.78 is 0. The molecule has 0 aliphatic carbocycles. The van der Waals surface area contributed by atoms with E-state index in [-0.39, 0.29) is 23.8 Å². The summed E-state index contributed by atoms with van der Waals surface area (Å²) in [5, 5.41) is 2.93. The minimum absolute atomic E-state index is 0.0585. The van der Waals surface area contributed by atoms with Gasteiger partial charge in [0, 0.05) is 12.5 Å². The predicted molar refractivity (Wildman–Crippen MR) is 110 cm³/mol. The zero-order valence-corrected chi connectivity index (χ0v) is 17.1. The van der Waals surface area contributed by atoms with Crippen molar-refractivity contribution in [3.05, 3.63) is 41.0 Å². The Labute approximate surface area is 168 Å². The molecule has 1 aromatic carbocycles. The number of rotatable bonds is 4. The van der Waals surface area contributed by atoms with E-state index in [0.717, 1.165) is 41.1 Å². The van der Waals surface area contributed by atoms with E-state index < -0.39 is 6.04 Å². The van der Waals surface area contributed by atoms with Crippen LogP contribution in [0.1, 0.15) is 44.0 Å². The van der Waals surface area contributed by atoms with Crippen molar-refractivity contribution in [3.63, 3.8) is 0 Å². The Morgan fingerprint density at radius 1 is 1.29 bits per heavy atom. The van der Waals surface area contributed by atoms with Gasteiger partial charge in [-0.2, -0.15) is 0 Å². The maximum Gasteiger partial charge on any atom is 0.254 e. The molecule has 1 aromatic heterocycles. The number of amidine groups is 1. The van der Waals surface area contributed by atoms with Crippen molar-refractivity contribution < 1.29 is 9.59 Å². The van der Waals surface area contributed by atoms with Crippen LogP contribution in [0.2, 0.25) is 0 Å². The van der Waals surface area contributed by atoms with Gasteiger partial charge in [-0.1, -0.05) is 38.1 Å². The van der Waals surface area contributed by atoms with Gasteiger partial charge in [-0.3, -0.25) is 14.6 Å². The number of aliphatic imine (C=N–C) groups is 1. The van der Waals surface area contributed by atoms with Crippen molar-refractivity contribution in [3.8, 4) is 10.4 Å². The number of carbonyl (C=O) groups excluding carboxylic acids is 2. The monoisotopic (exact) mass is 396 g/mol. The number of nitrogens with one attached hydrogen (secondary N) is 1. The highest BCUT2D eigenvalue weighted by Crippen LogP contribution is 2.31. The molecule has 0 saturated carbocycles. The molecular formula is C21H24N4O2S. The van der Waals surface area contributed by atoms with Crippen LogP contribution >= 0.6 is 11.3 Å². The molecule has 1 N–H and O–H groups in total. The molecule has 1 fully saturated rings. The van der Waals surface area contributed by atoms with E-state index in [9.17, 15) is 9.59 Å². The van der Waals surface area contributed by atoms with Crippen molar-refractivity contribution >= 4 is 29.0 Å². The molecule has 6 nitrogen and oxygen atoms in total. The molecule has 146 valence electrons. The second-order valence-corrected chi connectivity index (χ2v) is 8.49. The van der Waals surface area contributed by atoms with E-state index in [2.05, 4.69) is 15.3 Å². The van der Waals surface area contributed by atoms with Gasteiger partial charge in [0.05, 0.1) is 22.1 Å². The van der Waals surface area contributed by atoms with Crippen molar-refractivity contribution in [2.45, 2.75) is 45.7 Å². The van der Waals surface area contributed by atoms with Crippen molar-refractivity contribution in [2.75, 3.05) is 6.54 Å². The molecule has 2 atom stereocenters. The fourth-order valence-corrected chi connectivity index (χ4v) is 4.67. The summed E-state index contributed by atoms with van der Waals surface area (Å²) in [7, 11) is 0. The highest BCUT2D eigenvalue weighted by atomic mass is 32.1. The predicted octanol–water partition coefficient (Wildman–Crippen LogP) is 3.33. The van der Waals surface area contributed by atoms with E-state index in [4.69, 9.17) is 0 Å². The van der Waals surface area contributed by atoms with Crippen molar-refractivity contribution in [1.82, 2.24) is 15.2 Å². The van der Waals surface area contributed by atoms with E-state index in [1.54, 1.807) is 11.3 Å². The van der Waals surface area contributed by atoms with Crippen LogP contribution in [0.4, 0.5) is 0 Å². The minimum atomic E-state index is -0.553. The van der Waals surface area contributed by atoms with Gasteiger partial charge in [-0.25, -0.2) is 4.98 Å². The number of hydrogen-bond donors (Lipinski definition) is 1. The Bertz CT molecular complexity index is 932. The summed E-state index contributed by atoms with van der Waals surface area (Å²) in [6.07, 6.45) is 1.78. The number of carbonyl (C=O) groups is 2. The average Bonchev–Trinajstić information content (AvgIpc) is 3.40. The largest absolute Gasteiger partial charge is 0.332 e. The lowest BCUT2D eigenvalue weighted by Gasteiger charge is -2.26. The van der Waals surface area contributed by atoms with Crippen LogP contribution in [0.5, 0.6) is 0 Å². The van der Waals surface area contributed by atoms with Crippen molar-refractivity contribution in [2.24, 2.45) is 10.9 Å². The SMILES string of the molecule is Cc1ncsc1-c1ccc(C2N=C(C3CCCN3C(=O)C(C)C)NC2=O)cc1. The van der Waals surface area contributed by atoms with Crippen molar-refractivity contribution in [1.29, 1.82) is 0 Å². The molecule has 2 unspecified atom stereocenters. The quantitative estimate of drug-likeness (QED) is 0.861. The second kappa shape index (κ2) is 7.47. The summed E-state index contributed by atoms with van der Waals surface area (Å²) in [5.74, 6) is 0.563. The Morgan fingerprint density at radius 2 is 2.04 bits per heavy atom. The van der Waals surface area contributed by atoms with Gasteiger partial charge in [0.1, 0.15) is 5.84 Å². The molecule has 4 rings (SSSR count). The lowest BCUT2D eigenvalue weighted by Crippen LogP contribution is -2.46. The van der Waals surface area contributed by atoms with Gasteiger partial charge in [0.2, 0.25) is 5.91 Å². The van der Waals surface area contributed by atoms with E-state index in [1.165, 1.54) is 0 Å². The molecule has 7 heteroatoms. The van der Waals surface area contributed by atoms with E-state index in [0.29, 0.717) is 5.84 Å². The molecule has 0 bridgehead atoms. The Balaban J connectivity index is 1.56. The first-order valence-electron chi connectivity index (χ1n) is 9.65. The van der Waals surface area contributed by atoms with Gasteiger partial charge in [-0.05, 0) is 30.9 Å². The molecule has 2 amide bonds. The maximum atomic E-state index is 12.6. The number of likely N-dealkylation sites (tertiary alicyclic amines) is 1. The van der Waals surface area contributed by atoms with Gasteiger partial charge in [0.15, 0.2) is 6.04 Å². The van der Waals surface area contributed by atoms with Gasteiger partial charge in [0.25, 0.3) is 5.91 Å². The van der Waals surface area contributed by atoms with Gasteiger partial charge in [-0.15, -0.1) is 11.3 Å². The smallest absolute Gasteiger partial charge is 0.254 e. The number of nitrogens with zero attached hydrogens (tertiary/aromatic N) is 3. The van der Waals surface area contributed by atoms with Crippen LogP contribution in [-0.4, -0.2) is 40.1 Å². The number of aromatic nitrogens is 1. The summed E-state index contributed by atoms with van der Waals surface area (Å²) in [6.45, 7) is 6.53. The van der Waals surface area contributed by atoms with Crippen LogP contribution in [0.15, 0.2) is 34.8 Å². The molecule has 0 radical (unpaired) electrons. The lowest BCUT2D eigenvalue weighted by molar-refractivity contribution is -0.134. The first-order valence-corrected chi connectivity index (χ1v) is 10.5. The summed E-state index contributed by atoms with van der Waals surface area (Å²) in [4.78, 5) is 37.0. The third-order valence-corrected chi connectivity index (χ3v) is 6.32. The van der Waals surface area contributed by atoms with Crippen LogP contribution in [0, 0.1) is 12.8 Å². The van der Waals surface area contributed by atoms with Crippen LogP contribution < -0.4 is 5.32 Å². The molecule has 2 aliphatic rings. The van der Waals surface area contributed by atoms with Crippen LogP contribution in [0.25, 0.3) is 10.4 Å². The van der Waals surface area contributed by atoms with E-state index in [1.807, 2.05) is 55.4 Å². The average molecular weight is 397 g/mol. The summed E-state index contributed by atoms with van der Waals surface area (Å²) >= 11 is 1.61. The molecule has 3 heterocycles. The third kappa shape index (κ3) is 3.35. The Morgan fingerprint density at radius 3 is 2.68 bits per heavy atom. The van der Waals surface area contributed by atoms with Gasteiger partial charge < -0.3 is 10.2 Å². The Kier molecular flexibility index (Phi) is 5.02. The third-order valence-electron chi connectivity index (χ3n) is 5.35.